The first-order valence-electron chi connectivity index (χ1n) is 40.5. The number of fused-ring (bicyclic) bond motifs is 7. The number of hydrogen-bond donors (Lipinski definition) is 0. The topological polar surface area (TPSA) is 37.2 Å². The van der Waals surface area contributed by atoms with Gasteiger partial charge in [0.1, 0.15) is 0 Å². The van der Waals surface area contributed by atoms with Gasteiger partial charge in [0.05, 0.1) is 28.1 Å². The zero-order chi connectivity index (χ0) is 78.3. The van der Waals surface area contributed by atoms with Crippen LogP contribution in [0.15, 0.2) is 413 Å². The van der Waals surface area contributed by atoms with Crippen LogP contribution in [0.1, 0.15) is 52.7 Å². The lowest BCUT2D eigenvalue weighted by Crippen LogP contribution is -2.74. The molecule has 0 fully saturated rings. The quantitative estimate of drug-likeness (QED) is 0.0757. The van der Waals surface area contributed by atoms with E-state index >= 15 is 0 Å². The standard InChI is InChI=1S/C108H86BN5Si2/c1-107(2,3)79-57-61-100-96(65-79)109-97-66-80(108(4,5)6)58-62-101(97)114(106-94(77-41-21-9-22-42-77)73-111-74-95(106)78-43-23-10-24-44-78)103-68-81(67-102(104(103)109)113(100)105-92(75-37-17-7-18-38-75)71-110-72-93(105)76-39-19-8-20-40-76)112-98-63-59-88(115(82-45-25-11-26-46-82,83-47-27-12-28-48-83)84-49-29-13-30-50-84)69-90(98)91-70-89(60-64-99(91)112)116(85-51-31-14-32-52-85,86-53-33-15-34-54-86)87-55-35-16-36-56-87/h7-74H,1-6H3. The molecule has 18 aromatic rings. The molecule has 8 heteroatoms. The van der Waals surface area contributed by atoms with Crippen molar-refractivity contribution in [3.8, 4) is 50.2 Å². The Balaban J connectivity index is 0.989. The highest BCUT2D eigenvalue weighted by molar-refractivity contribution is 7.20. The lowest BCUT2D eigenvalue weighted by atomic mass is 9.33. The van der Waals surface area contributed by atoms with Gasteiger partial charge in [-0.1, -0.05) is 393 Å². The number of hydrogen-bond acceptors (Lipinski definition) is 4. The minimum atomic E-state index is -3.17. The van der Waals surface area contributed by atoms with E-state index in [0.717, 1.165) is 95.4 Å². The molecule has 0 bridgehead atoms. The molecule has 0 N–H and O–H groups in total. The highest BCUT2D eigenvalue weighted by atomic mass is 28.3. The highest BCUT2D eigenvalue weighted by Gasteiger charge is 2.48. The Morgan fingerprint density at radius 1 is 0.259 bits per heavy atom. The van der Waals surface area contributed by atoms with Gasteiger partial charge in [-0.25, -0.2) is 0 Å². The summed E-state index contributed by atoms with van der Waals surface area (Å²) in [6.45, 7) is 13.9. The molecule has 0 atom stereocenters. The van der Waals surface area contributed by atoms with Gasteiger partial charge >= 0.3 is 0 Å². The monoisotopic (exact) mass is 1520 g/mol. The fourth-order valence-electron chi connectivity index (χ4n) is 19.1. The molecule has 116 heavy (non-hydrogen) atoms. The fraction of sp³-hybridized carbons (Fsp3) is 0.0741. The average molecular weight is 1520 g/mol. The van der Waals surface area contributed by atoms with Crippen LogP contribution in [0.4, 0.5) is 34.1 Å². The van der Waals surface area contributed by atoms with Crippen LogP contribution in [0.5, 0.6) is 0 Å². The van der Waals surface area contributed by atoms with Crippen LogP contribution in [-0.4, -0.2) is 37.4 Å². The van der Waals surface area contributed by atoms with Gasteiger partial charge in [-0.05, 0) is 138 Å². The fourth-order valence-corrected chi connectivity index (χ4v) is 28.7. The summed E-state index contributed by atoms with van der Waals surface area (Å²) in [6.07, 6.45) is 8.41. The van der Waals surface area contributed by atoms with Crippen molar-refractivity contribution in [1.29, 1.82) is 0 Å². The maximum Gasteiger partial charge on any atom is 0.252 e. The minimum absolute atomic E-state index is 0.204. The van der Waals surface area contributed by atoms with E-state index in [1.165, 1.54) is 79.8 Å². The molecular weight excluding hydrogens is 1430 g/mol. The van der Waals surface area contributed by atoms with Gasteiger partial charge in [-0.2, -0.15) is 0 Å². The van der Waals surface area contributed by atoms with E-state index in [4.69, 9.17) is 9.97 Å². The number of benzene rings is 15. The molecule has 3 aromatic heterocycles. The van der Waals surface area contributed by atoms with Crippen molar-refractivity contribution in [2.45, 2.75) is 52.4 Å². The number of pyridine rings is 2. The summed E-state index contributed by atoms with van der Waals surface area (Å²) in [6, 6.07) is 147. The zero-order valence-electron chi connectivity index (χ0n) is 66.1. The molecular formula is C108H86BN5Si2. The minimum Gasteiger partial charge on any atom is -0.310 e. The first kappa shape index (κ1) is 71.5. The summed E-state index contributed by atoms with van der Waals surface area (Å²) in [5.74, 6) is 0. The molecule has 0 unspecified atom stereocenters. The smallest absolute Gasteiger partial charge is 0.252 e. The molecule has 0 saturated carbocycles. The van der Waals surface area contributed by atoms with Gasteiger partial charge in [0.2, 0.25) is 0 Å². The first-order chi connectivity index (χ1) is 56.8. The molecule has 554 valence electrons. The Kier molecular flexibility index (Phi) is 17.8. The molecule has 0 aliphatic carbocycles. The number of aromatic nitrogens is 3. The summed E-state index contributed by atoms with van der Waals surface area (Å²) < 4.78 is 2.63. The van der Waals surface area contributed by atoms with Crippen LogP contribution < -0.4 is 67.7 Å². The number of rotatable bonds is 15. The molecule has 0 spiro atoms. The van der Waals surface area contributed by atoms with E-state index in [9.17, 15) is 0 Å². The number of nitrogens with zero attached hydrogens (tertiary/aromatic N) is 5. The van der Waals surface area contributed by atoms with Crippen LogP contribution in [-0.2, 0) is 10.8 Å². The van der Waals surface area contributed by atoms with Crippen molar-refractivity contribution in [2.24, 2.45) is 0 Å². The van der Waals surface area contributed by atoms with E-state index in [-0.39, 0.29) is 17.5 Å². The maximum absolute atomic E-state index is 5.25. The Morgan fingerprint density at radius 2 is 0.526 bits per heavy atom. The van der Waals surface area contributed by atoms with Gasteiger partial charge in [0.15, 0.2) is 16.1 Å². The zero-order valence-corrected chi connectivity index (χ0v) is 68.1. The van der Waals surface area contributed by atoms with E-state index in [2.05, 4.69) is 469 Å². The van der Waals surface area contributed by atoms with E-state index in [1.807, 2.05) is 0 Å². The van der Waals surface area contributed by atoms with E-state index in [1.54, 1.807) is 0 Å². The van der Waals surface area contributed by atoms with Crippen LogP contribution in [0.25, 0.3) is 72.0 Å². The van der Waals surface area contributed by atoms with Crippen LogP contribution in [0, 0.1) is 0 Å². The first-order valence-corrected chi connectivity index (χ1v) is 44.5. The van der Waals surface area contributed by atoms with Crippen molar-refractivity contribution in [3.63, 3.8) is 0 Å². The third-order valence-corrected chi connectivity index (χ3v) is 34.1. The van der Waals surface area contributed by atoms with Crippen molar-refractivity contribution >= 4 is 137 Å². The Morgan fingerprint density at radius 3 is 0.793 bits per heavy atom. The summed E-state index contributed by atoms with van der Waals surface area (Å²) in [7, 11) is -6.34. The average Bonchev–Trinajstić information content (AvgIpc) is 1.03. The molecule has 0 radical (unpaired) electrons. The second kappa shape index (κ2) is 28.9. The molecule has 5 nitrogen and oxygen atoms in total. The van der Waals surface area contributed by atoms with E-state index < -0.39 is 16.1 Å². The molecule has 0 amide bonds. The highest BCUT2D eigenvalue weighted by Crippen LogP contribution is 2.54. The summed E-state index contributed by atoms with van der Waals surface area (Å²) >= 11 is 0. The third-order valence-electron chi connectivity index (χ3n) is 24.5. The van der Waals surface area contributed by atoms with Gasteiger partial charge in [0, 0.05) is 80.6 Å². The Hall–Kier alpha value is -13.5. The number of anilines is 6. The molecule has 2 aliphatic rings. The van der Waals surface area contributed by atoms with E-state index in [0.29, 0.717) is 0 Å². The van der Waals surface area contributed by atoms with Gasteiger partial charge in [-0.3, -0.25) is 9.97 Å². The SMILES string of the molecule is CC(C)(C)c1ccc2c(c1)B1c3cc(C(C)(C)C)ccc3N(c3c(-c4ccccc4)cncc3-c3ccccc3)c3cc(-n4c5ccc([Si](c6ccccc6)(c6ccccc6)c6ccccc6)cc5c5cc([Si](c6ccccc6)(c6ccccc6)c6ccccc6)ccc54)cc(c31)N2c1c(-c2ccccc2)cncc1-c1ccccc1. The van der Waals surface area contributed by atoms with Crippen LogP contribution >= 0.6 is 0 Å². The molecule has 2 aliphatic heterocycles. The largest absolute Gasteiger partial charge is 0.310 e. The summed E-state index contributed by atoms with van der Waals surface area (Å²) in [5.41, 5.74) is 23.9. The van der Waals surface area contributed by atoms with Crippen molar-refractivity contribution < 1.29 is 0 Å². The Labute approximate surface area is 683 Å². The van der Waals surface area contributed by atoms with Crippen molar-refractivity contribution in [2.75, 3.05) is 9.80 Å². The lowest BCUT2D eigenvalue weighted by Gasteiger charge is -2.46. The third kappa shape index (κ3) is 11.8. The second-order valence-electron chi connectivity index (χ2n) is 33.2. The molecule has 20 rings (SSSR count). The van der Waals surface area contributed by atoms with Gasteiger partial charge in [-0.15, -0.1) is 0 Å². The summed E-state index contributed by atoms with van der Waals surface area (Å²) in [4.78, 5) is 15.8. The van der Waals surface area contributed by atoms with Crippen LogP contribution in [0.3, 0.4) is 0 Å². The van der Waals surface area contributed by atoms with Gasteiger partial charge in [0.25, 0.3) is 6.71 Å². The molecule has 0 saturated heterocycles. The van der Waals surface area contributed by atoms with Crippen molar-refractivity contribution in [1.82, 2.24) is 14.5 Å². The van der Waals surface area contributed by atoms with Gasteiger partial charge < -0.3 is 14.4 Å². The summed E-state index contributed by atoms with van der Waals surface area (Å²) in [5, 5.41) is 12.9. The van der Waals surface area contributed by atoms with Crippen LogP contribution in [0.2, 0.25) is 0 Å². The normalized spacial score (nSPS) is 12.7. The lowest BCUT2D eigenvalue weighted by molar-refractivity contribution is 0.590. The molecule has 15 aromatic carbocycles. The Bertz CT molecular complexity index is 5990. The maximum atomic E-state index is 5.25. The molecule has 5 heterocycles. The second-order valence-corrected chi connectivity index (χ2v) is 40.8. The van der Waals surface area contributed by atoms with Crippen molar-refractivity contribution in [3.05, 3.63) is 424 Å². The predicted octanol–water partition coefficient (Wildman–Crippen LogP) is 19.7. The predicted molar refractivity (Wildman–Crippen MR) is 497 cm³/mol.